The van der Waals surface area contributed by atoms with E-state index in [1.165, 1.54) is 4.90 Å². The number of morpholine rings is 1. The molecule has 0 saturated carbocycles. The van der Waals surface area contributed by atoms with Gasteiger partial charge in [0.05, 0.1) is 18.3 Å². The van der Waals surface area contributed by atoms with Crippen LogP contribution in [0.1, 0.15) is 40.5 Å². The van der Waals surface area contributed by atoms with Crippen LogP contribution >= 0.6 is 0 Å². The SMILES string of the molecule is CN(C)C(=O)COCC1CN(c2noc(C(C)(C)C)n2)CC(C)(C)O1. The van der Waals surface area contributed by atoms with Gasteiger partial charge in [-0.05, 0) is 19.0 Å². The third-order valence-corrected chi connectivity index (χ3v) is 3.85. The molecule has 0 aliphatic carbocycles. The number of aromatic nitrogens is 2. The molecule has 1 aliphatic rings. The van der Waals surface area contributed by atoms with E-state index in [9.17, 15) is 4.79 Å². The second-order valence-corrected chi connectivity index (χ2v) is 8.33. The average Bonchev–Trinajstić information content (AvgIpc) is 2.95. The van der Waals surface area contributed by atoms with Crippen LogP contribution in [0, 0.1) is 0 Å². The van der Waals surface area contributed by atoms with Crippen molar-refractivity contribution >= 4 is 11.9 Å². The molecule has 2 heterocycles. The van der Waals surface area contributed by atoms with Gasteiger partial charge >= 0.3 is 0 Å². The number of amides is 1. The summed E-state index contributed by atoms with van der Waals surface area (Å²) in [6, 6.07) is 0. The van der Waals surface area contributed by atoms with Gasteiger partial charge in [-0.3, -0.25) is 4.79 Å². The quantitative estimate of drug-likeness (QED) is 0.792. The molecule has 1 atom stereocenters. The van der Waals surface area contributed by atoms with E-state index in [0.29, 0.717) is 31.5 Å². The summed E-state index contributed by atoms with van der Waals surface area (Å²) in [5, 5.41) is 4.12. The molecule has 1 amide bonds. The zero-order chi connectivity index (χ0) is 18.8. The molecule has 2 rings (SSSR count). The lowest BCUT2D eigenvalue weighted by Crippen LogP contribution is -2.54. The molecule has 1 fully saturated rings. The molecule has 1 aromatic rings. The second kappa shape index (κ2) is 7.29. The molecular formula is C17H30N4O4. The van der Waals surface area contributed by atoms with Crippen molar-refractivity contribution in [3.63, 3.8) is 0 Å². The van der Waals surface area contributed by atoms with Gasteiger partial charge in [0, 0.05) is 32.6 Å². The first-order valence-electron chi connectivity index (χ1n) is 8.53. The normalized spacial score (nSPS) is 20.6. The van der Waals surface area contributed by atoms with Crippen molar-refractivity contribution in [2.24, 2.45) is 0 Å². The van der Waals surface area contributed by atoms with Crippen LogP contribution in [0.2, 0.25) is 0 Å². The van der Waals surface area contributed by atoms with Crippen LogP contribution in [0.25, 0.3) is 0 Å². The van der Waals surface area contributed by atoms with E-state index in [0.717, 1.165) is 0 Å². The van der Waals surface area contributed by atoms with Crippen molar-refractivity contribution < 1.29 is 18.8 Å². The summed E-state index contributed by atoms with van der Waals surface area (Å²) < 4.78 is 17.0. The first-order valence-corrected chi connectivity index (χ1v) is 8.53. The van der Waals surface area contributed by atoms with Gasteiger partial charge in [0.1, 0.15) is 6.61 Å². The molecule has 1 saturated heterocycles. The highest BCUT2D eigenvalue weighted by molar-refractivity contribution is 5.76. The Labute approximate surface area is 149 Å². The number of hydrogen-bond acceptors (Lipinski definition) is 7. The number of nitrogens with zero attached hydrogens (tertiary/aromatic N) is 4. The Morgan fingerprint density at radius 2 is 2.08 bits per heavy atom. The number of rotatable bonds is 5. The number of anilines is 1. The number of ether oxygens (including phenoxy) is 2. The van der Waals surface area contributed by atoms with Crippen molar-refractivity contribution in [2.45, 2.75) is 51.7 Å². The van der Waals surface area contributed by atoms with Crippen LogP contribution in [-0.2, 0) is 19.7 Å². The molecular weight excluding hydrogens is 324 g/mol. The lowest BCUT2D eigenvalue weighted by molar-refractivity contribution is -0.139. The van der Waals surface area contributed by atoms with Crippen LogP contribution in [0.5, 0.6) is 0 Å². The molecule has 0 N–H and O–H groups in total. The Morgan fingerprint density at radius 3 is 2.64 bits per heavy atom. The van der Waals surface area contributed by atoms with E-state index >= 15 is 0 Å². The number of carbonyl (C=O) groups excluding carboxylic acids is 1. The maximum absolute atomic E-state index is 11.6. The van der Waals surface area contributed by atoms with E-state index in [1.54, 1.807) is 14.1 Å². The van der Waals surface area contributed by atoms with Gasteiger partial charge in [0.2, 0.25) is 11.8 Å². The van der Waals surface area contributed by atoms with Crippen molar-refractivity contribution in [2.75, 3.05) is 45.3 Å². The zero-order valence-corrected chi connectivity index (χ0v) is 16.3. The van der Waals surface area contributed by atoms with E-state index in [1.807, 2.05) is 39.5 Å². The summed E-state index contributed by atoms with van der Waals surface area (Å²) in [7, 11) is 3.41. The van der Waals surface area contributed by atoms with Gasteiger partial charge in [0.25, 0.3) is 5.95 Å². The Bertz CT molecular complexity index is 592. The van der Waals surface area contributed by atoms with Crippen molar-refractivity contribution in [3.8, 4) is 0 Å². The van der Waals surface area contributed by atoms with Gasteiger partial charge in [0.15, 0.2) is 0 Å². The fourth-order valence-corrected chi connectivity index (χ4v) is 2.59. The molecule has 0 aromatic carbocycles. The number of likely N-dealkylation sites (N-methyl/N-ethyl adjacent to an activating group) is 1. The molecule has 8 heteroatoms. The minimum Gasteiger partial charge on any atom is -0.369 e. The topological polar surface area (TPSA) is 80.9 Å². The summed E-state index contributed by atoms with van der Waals surface area (Å²) in [6.45, 7) is 11.8. The molecule has 0 bridgehead atoms. The van der Waals surface area contributed by atoms with Crippen LogP contribution in [-0.4, -0.2) is 73.1 Å². The van der Waals surface area contributed by atoms with Crippen LogP contribution in [0.15, 0.2) is 4.52 Å². The zero-order valence-electron chi connectivity index (χ0n) is 16.3. The highest BCUT2D eigenvalue weighted by Gasteiger charge is 2.36. The van der Waals surface area contributed by atoms with Gasteiger partial charge in [-0.2, -0.15) is 4.98 Å². The van der Waals surface area contributed by atoms with Gasteiger partial charge < -0.3 is 23.8 Å². The summed E-state index contributed by atoms with van der Waals surface area (Å²) in [4.78, 5) is 19.7. The minimum absolute atomic E-state index is 0.0453. The van der Waals surface area contributed by atoms with Crippen molar-refractivity contribution in [3.05, 3.63) is 5.89 Å². The number of carbonyl (C=O) groups is 1. The summed E-state index contributed by atoms with van der Waals surface area (Å²) in [5.74, 6) is 1.10. The highest BCUT2D eigenvalue weighted by Crippen LogP contribution is 2.27. The molecule has 1 aromatic heterocycles. The molecule has 1 aliphatic heterocycles. The Hall–Kier alpha value is -1.67. The monoisotopic (exact) mass is 354 g/mol. The maximum Gasteiger partial charge on any atom is 0.266 e. The third kappa shape index (κ3) is 5.40. The maximum atomic E-state index is 11.6. The van der Waals surface area contributed by atoms with Gasteiger partial charge in [-0.1, -0.05) is 20.8 Å². The van der Waals surface area contributed by atoms with Gasteiger partial charge in [-0.25, -0.2) is 0 Å². The second-order valence-electron chi connectivity index (χ2n) is 8.33. The number of hydrogen-bond donors (Lipinski definition) is 0. The van der Waals surface area contributed by atoms with Crippen LogP contribution < -0.4 is 4.90 Å². The van der Waals surface area contributed by atoms with E-state index in [-0.39, 0.29) is 29.6 Å². The predicted molar refractivity (Wildman–Crippen MR) is 93.7 cm³/mol. The van der Waals surface area contributed by atoms with Crippen LogP contribution in [0.4, 0.5) is 5.95 Å². The molecule has 1 unspecified atom stereocenters. The smallest absolute Gasteiger partial charge is 0.266 e. The van der Waals surface area contributed by atoms with E-state index < -0.39 is 0 Å². The first kappa shape index (κ1) is 19.7. The fourth-order valence-electron chi connectivity index (χ4n) is 2.59. The molecule has 25 heavy (non-hydrogen) atoms. The molecule has 0 spiro atoms. The minimum atomic E-state index is -0.375. The third-order valence-electron chi connectivity index (χ3n) is 3.85. The largest absolute Gasteiger partial charge is 0.369 e. The summed E-state index contributed by atoms with van der Waals surface area (Å²) in [6.07, 6.45) is -0.171. The molecule has 142 valence electrons. The molecule has 0 radical (unpaired) electrons. The van der Waals surface area contributed by atoms with Crippen molar-refractivity contribution in [1.82, 2.24) is 15.0 Å². The lowest BCUT2D eigenvalue weighted by Gasteiger charge is -2.42. The van der Waals surface area contributed by atoms with Crippen molar-refractivity contribution in [1.29, 1.82) is 0 Å². The van der Waals surface area contributed by atoms with E-state index in [2.05, 4.69) is 10.1 Å². The lowest BCUT2D eigenvalue weighted by atomic mass is 9.97. The average molecular weight is 354 g/mol. The van der Waals surface area contributed by atoms with Gasteiger partial charge in [-0.15, -0.1) is 0 Å². The Balaban J connectivity index is 2.00. The standard InChI is InChI=1S/C17H30N4O4/c1-16(2,3)14-18-15(19-25-14)21-8-12(24-17(4,5)11-21)9-23-10-13(22)20(6)7/h12H,8-11H2,1-7H3. The Morgan fingerprint density at radius 1 is 1.40 bits per heavy atom. The fraction of sp³-hybridized carbons (Fsp3) is 0.824. The summed E-state index contributed by atoms with van der Waals surface area (Å²) in [5.41, 5.74) is -0.567. The first-order chi connectivity index (χ1) is 11.5. The van der Waals surface area contributed by atoms with E-state index in [4.69, 9.17) is 14.0 Å². The summed E-state index contributed by atoms with van der Waals surface area (Å²) >= 11 is 0. The predicted octanol–water partition coefficient (Wildman–Crippen LogP) is 1.46. The van der Waals surface area contributed by atoms with Crippen LogP contribution in [0.3, 0.4) is 0 Å². The highest BCUT2D eigenvalue weighted by atomic mass is 16.6. The molecule has 8 nitrogen and oxygen atoms in total. The Kier molecular flexibility index (Phi) is 5.73.